The lowest BCUT2D eigenvalue weighted by Crippen LogP contribution is -2.25. The number of hydrogen-bond acceptors (Lipinski definition) is 1. The van der Waals surface area contributed by atoms with E-state index in [4.69, 9.17) is 0 Å². The fraction of sp³-hybridized carbons (Fsp3) is 0.333. The van der Waals surface area contributed by atoms with Gasteiger partial charge in [0, 0.05) is 12.1 Å². The van der Waals surface area contributed by atoms with E-state index in [0.29, 0.717) is 0 Å². The highest BCUT2D eigenvalue weighted by Gasteiger charge is 2.34. The second-order valence-corrected chi connectivity index (χ2v) is 5.61. The van der Waals surface area contributed by atoms with Crippen molar-refractivity contribution in [3.8, 4) is 0 Å². The Morgan fingerprint density at radius 1 is 0.909 bits per heavy atom. The minimum Gasteiger partial charge on any atom is -0.304 e. The summed E-state index contributed by atoms with van der Waals surface area (Å²) in [4.78, 5) is 0. The van der Waals surface area contributed by atoms with Crippen LogP contribution in [0, 0.1) is 6.92 Å². The molecule has 1 nitrogen and oxygen atoms in total. The molecule has 0 heterocycles. The standard InChI is InChI=1S/C18H20F3N/c1-12-7-6-8-15(11-12)13(2)22-14(3)16-9-4-5-10-17(16)18(19,20)21/h4-11,13-14,22H,1-3H3. The normalized spacial score (nSPS) is 14.6. The van der Waals surface area contributed by atoms with E-state index >= 15 is 0 Å². The molecule has 0 bridgehead atoms. The molecule has 0 spiro atoms. The molecule has 0 fully saturated rings. The molecule has 0 saturated carbocycles. The molecule has 2 rings (SSSR count). The number of alkyl halides is 3. The molecule has 0 aliphatic heterocycles. The van der Waals surface area contributed by atoms with Gasteiger partial charge in [-0.2, -0.15) is 13.2 Å². The zero-order valence-electron chi connectivity index (χ0n) is 12.9. The van der Waals surface area contributed by atoms with Gasteiger partial charge in [0.15, 0.2) is 0 Å². The molecule has 0 aliphatic carbocycles. The topological polar surface area (TPSA) is 12.0 Å². The van der Waals surface area contributed by atoms with Crippen molar-refractivity contribution in [1.29, 1.82) is 0 Å². The molecule has 22 heavy (non-hydrogen) atoms. The number of nitrogens with one attached hydrogen (secondary N) is 1. The Hall–Kier alpha value is -1.81. The summed E-state index contributed by atoms with van der Waals surface area (Å²) in [5.41, 5.74) is 1.90. The van der Waals surface area contributed by atoms with E-state index in [-0.39, 0.29) is 11.6 Å². The Kier molecular flexibility index (Phi) is 4.91. The molecule has 0 saturated heterocycles. The Morgan fingerprint density at radius 3 is 2.23 bits per heavy atom. The van der Waals surface area contributed by atoms with Crippen LogP contribution in [0.5, 0.6) is 0 Å². The van der Waals surface area contributed by atoms with Crippen LogP contribution in [-0.2, 0) is 6.18 Å². The number of benzene rings is 2. The Bertz CT molecular complexity index is 634. The number of hydrogen-bond donors (Lipinski definition) is 1. The van der Waals surface area contributed by atoms with Crippen molar-refractivity contribution in [3.63, 3.8) is 0 Å². The maximum Gasteiger partial charge on any atom is 0.416 e. The lowest BCUT2D eigenvalue weighted by atomic mass is 9.99. The van der Waals surface area contributed by atoms with Crippen LogP contribution in [0.3, 0.4) is 0 Å². The summed E-state index contributed by atoms with van der Waals surface area (Å²) in [6.07, 6.45) is -4.33. The summed E-state index contributed by atoms with van der Waals surface area (Å²) in [5, 5.41) is 3.25. The van der Waals surface area contributed by atoms with Crippen LogP contribution < -0.4 is 5.32 Å². The fourth-order valence-corrected chi connectivity index (χ4v) is 2.63. The van der Waals surface area contributed by atoms with Gasteiger partial charge in [-0.25, -0.2) is 0 Å². The van der Waals surface area contributed by atoms with Gasteiger partial charge in [0.25, 0.3) is 0 Å². The summed E-state index contributed by atoms with van der Waals surface area (Å²) < 4.78 is 39.3. The third-order valence-corrected chi connectivity index (χ3v) is 3.77. The van der Waals surface area contributed by atoms with Crippen molar-refractivity contribution >= 4 is 0 Å². The van der Waals surface area contributed by atoms with E-state index in [0.717, 1.165) is 17.2 Å². The van der Waals surface area contributed by atoms with Gasteiger partial charge in [-0.05, 0) is 38.0 Å². The molecule has 1 N–H and O–H groups in total. The summed E-state index contributed by atoms with van der Waals surface area (Å²) in [6.45, 7) is 5.72. The average molecular weight is 307 g/mol. The molecule has 2 aromatic carbocycles. The van der Waals surface area contributed by atoms with Gasteiger partial charge in [0.1, 0.15) is 0 Å². The second-order valence-electron chi connectivity index (χ2n) is 5.61. The molecule has 0 radical (unpaired) electrons. The third kappa shape index (κ3) is 3.89. The maximum absolute atomic E-state index is 13.1. The smallest absolute Gasteiger partial charge is 0.304 e. The van der Waals surface area contributed by atoms with Crippen LogP contribution in [0.15, 0.2) is 48.5 Å². The van der Waals surface area contributed by atoms with Crippen LogP contribution in [0.1, 0.15) is 48.2 Å². The highest BCUT2D eigenvalue weighted by Crippen LogP contribution is 2.35. The van der Waals surface area contributed by atoms with Crippen molar-refractivity contribution < 1.29 is 13.2 Å². The molecule has 0 aliphatic rings. The SMILES string of the molecule is Cc1cccc(C(C)NC(C)c2ccccc2C(F)(F)F)c1. The first-order chi connectivity index (χ1) is 10.3. The van der Waals surface area contributed by atoms with E-state index in [1.807, 2.05) is 38.1 Å². The van der Waals surface area contributed by atoms with Gasteiger partial charge in [-0.15, -0.1) is 0 Å². The number of halogens is 3. The fourth-order valence-electron chi connectivity index (χ4n) is 2.63. The average Bonchev–Trinajstić information content (AvgIpc) is 2.46. The minimum atomic E-state index is -4.33. The monoisotopic (exact) mass is 307 g/mol. The highest BCUT2D eigenvalue weighted by molar-refractivity contribution is 5.32. The molecular formula is C18H20F3N. The van der Waals surface area contributed by atoms with Gasteiger partial charge < -0.3 is 5.32 Å². The number of rotatable bonds is 4. The van der Waals surface area contributed by atoms with Crippen molar-refractivity contribution in [3.05, 3.63) is 70.8 Å². The van der Waals surface area contributed by atoms with Crippen molar-refractivity contribution in [1.82, 2.24) is 5.32 Å². The Balaban J connectivity index is 2.21. The molecule has 0 amide bonds. The second kappa shape index (κ2) is 6.53. The molecule has 2 atom stereocenters. The number of aryl methyl sites for hydroxylation is 1. The van der Waals surface area contributed by atoms with E-state index in [1.54, 1.807) is 13.0 Å². The zero-order chi connectivity index (χ0) is 16.3. The van der Waals surface area contributed by atoms with E-state index in [9.17, 15) is 13.2 Å². The van der Waals surface area contributed by atoms with E-state index < -0.39 is 17.8 Å². The van der Waals surface area contributed by atoms with Crippen LogP contribution >= 0.6 is 0 Å². The molecule has 2 unspecified atom stereocenters. The van der Waals surface area contributed by atoms with Gasteiger partial charge in [-0.3, -0.25) is 0 Å². The van der Waals surface area contributed by atoms with Crippen molar-refractivity contribution in [2.24, 2.45) is 0 Å². The first-order valence-electron chi connectivity index (χ1n) is 7.28. The first kappa shape index (κ1) is 16.6. The maximum atomic E-state index is 13.1. The molecule has 4 heteroatoms. The van der Waals surface area contributed by atoms with E-state index in [1.165, 1.54) is 12.1 Å². The summed E-state index contributed by atoms with van der Waals surface area (Å²) in [6, 6.07) is 13.3. The summed E-state index contributed by atoms with van der Waals surface area (Å²) in [5.74, 6) is 0. The largest absolute Gasteiger partial charge is 0.416 e. The van der Waals surface area contributed by atoms with Gasteiger partial charge >= 0.3 is 6.18 Å². The first-order valence-corrected chi connectivity index (χ1v) is 7.28. The zero-order valence-corrected chi connectivity index (χ0v) is 12.9. The summed E-state index contributed by atoms with van der Waals surface area (Å²) in [7, 11) is 0. The van der Waals surface area contributed by atoms with Gasteiger partial charge in [0.05, 0.1) is 5.56 Å². The highest BCUT2D eigenvalue weighted by atomic mass is 19.4. The van der Waals surface area contributed by atoms with Crippen LogP contribution in [-0.4, -0.2) is 0 Å². The minimum absolute atomic E-state index is 0.0313. The third-order valence-electron chi connectivity index (χ3n) is 3.77. The lowest BCUT2D eigenvalue weighted by molar-refractivity contribution is -0.138. The Labute approximate surface area is 129 Å². The molecule has 118 valence electrons. The van der Waals surface area contributed by atoms with Crippen LogP contribution in [0.25, 0.3) is 0 Å². The van der Waals surface area contributed by atoms with Gasteiger partial charge in [0.2, 0.25) is 0 Å². The predicted octanol–water partition coefficient (Wildman–Crippen LogP) is 5.43. The quantitative estimate of drug-likeness (QED) is 0.794. The van der Waals surface area contributed by atoms with Crippen LogP contribution in [0.2, 0.25) is 0 Å². The molecule has 0 aromatic heterocycles. The van der Waals surface area contributed by atoms with Crippen molar-refractivity contribution in [2.45, 2.75) is 39.0 Å². The Morgan fingerprint density at radius 2 is 1.59 bits per heavy atom. The molecular weight excluding hydrogens is 287 g/mol. The predicted molar refractivity (Wildman–Crippen MR) is 82.6 cm³/mol. The van der Waals surface area contributed by atoms with Crippen molar-refractivity contribution in [2.75, 3.05) is 0 Å². The van der Waals surface area contributed by atoms with Crippen LogP contribution in [0.4, 0.5) is 13.2 Å². The summed E-state index contributed by atoms with van der Waals surface area (Å²) >= 11 is 0. The lowest BCUT2D eigenvalue weighted by Gasteiger charge is -2.23. The molecule has 2 aromatic rings. The van der Waals surface area contributed by atoms with E-state index in [2.05, 4.69) is 5.32 Å². The van der Waals surface area contributed by atoms with Gasteiger partial charge in [-0.1, -0.05) is 48.0 Å².